The summed E-state index contributed by atoms with van der Waals surface area (Å²) < 4.78 is 31.2. The Balaban J connectivity index is 2.28. The molecule has 0 aliphatic carbocycles. The molecule has 0 saturated carbocycles. The summed E-state index contributed by atoms with van der Waals surface area (Å²) >= 11 is 0. The monoisotopic (exact) mass is 265 g/mol. The second-order valence-corrected chi connectivity index (χ2v) is 3.55. The second kappa shape index (κ2) is 5.30. The first-order chi connectivity index (χ1) is 9.08. The molecule has 0 bridgehead atoms. The molecule has 0 aliphatic rings. The highest BCUT2D eigenvalue weighted by molar-refractivity contribution is 5.95. The Morgan fingerprint density at radius 1 is 1.21 bits per heavy atom. The molecule has 1 aromatic carbocycles. The number of hydrogen-bond acceptors (Lipinski definition) is 4. The number of ether oxygens (including phenoxy) is 1. The van der Waals surface area contributed by atoms with Crippen LogP contribution in [0.25, 0.3) is 0 Å². The van der Waals surface area contributed by atoms with Crippen LogP contribution in [0.15, 0.2) is 41.6 Å². The number of halogens is 2. The normalized spacial score (nSPS) is 11.4. The van der Waals surface area contributed by atoms with Gasteiger partial charge in [-0.05, 0) is 6.07 Å². The summed E-state index contributed by atoms with van der Waals surface area (Å²) in [7, 11) is 0. The molecular weight excluding hydrogens is 256 g/mol. The number of aromatic nitrogens is 1. The van der Waals surface area contributed by atoms with Crippen LogP contribution in [0.1, 0.15) is 5.69 Å². The lowest BCUT2D eigenvalue weighted by molar-refractivity contribution is 0.318. The molecule has 0 unspecified atom stereocenters. The van der Waals surface area contributed by atoms with E-state index in [4.69, 9.17) is 15.7 Å². The van der Waals surface area contributed by atoms with Crippen LogP contribution in [0.3, 0.4) is 0 Å². The van der Waals surface area contributed by atoms with Crippen molar-refractivity contribution >= 4 is 5.84 Å². The van der Waals surface area contributed by atoms with Crippen LogP contribution < -0.4 is 10.5 Å². The van der Waals surface area contributed by atoms with E-state index in [2.05, 4.69) is 10.1 Å². The summed E-state index contributed by atoms with van der Waals surface area (Å²) in [6, 6.07) is 7.27. The zero-order valence-corrected chi connectivity index (χ0v) is 9.55. The third-order valence-corrected chi connectivity index (χ3v) is 2.15. The number of oxime groups is 1. The summed E-state index contributed by atoms with van der Waals surface area (Å²) in [6.45, 7) is 0. The molecule has 1 heterocycles. The van der Waals surface area contributed by atoms with Crippen LogP contribution in [-0.4, -0.2) is 16.0 Å². The number of nitrogens with two attached hydrogens (primary N) is 1. The van der Waals surface area contributed by atoms with E-state index in [1.807, 2.05) is 0 Å². The van der Waals surface area contributed by atoms with Crippen molar-refractivity contribution in [3.8, 4) is 11.6 Å². The molecule has 2 aromatic rings. The van der Waals surface area contributed by atoms with Crippen molar-refractivity contribution in [3.05, 3.63) is 53.7 Å². The number of amidine groups is 1. The topological polar surface area (TPSA) is 80.7 Å². The highest BCUT2D eigenvalue weighted by Crippen LogP contribution is 2.21. The minimum absolute atomic E-state index is 0.0401. The first-order valence-electron chi connectivity index (χ1n) is 5.17. The Hall–Kier alpha value is -2.70. The summed E-state index contributed by atoms with van der Waals surface area (Å²) in [4.78, 5) is 3.92. The largest absolute Gasteiger partial charge is 0.439 e. The maximum Gasteiger partial charge on any atom is 0.219 e. The molecule has 0 radical (unpaired) electrons. The van der Waals surface area contributed by atoms with Crippen LogP contribution in [0.2, 0.25) is 0 Å². The molecule has 0 spiro atoms. The summed E-state index contributed by atoms with van der Waals surface area (Å²) in [5.41, 5.74) is 5.54. The van der Waals surface area contributed by atoms with Crippen LogP contribution >= 0.6 is 0 Å². The lowest BCUT2D eigenvalue weighted by Crippen LogP contribution is -2.14. The maximum absolute atomic E-state index is 13.0. The third-order valence-electron chi connectivity index (χ3n) is 2.15. The fraction of sp³-hybridized carbons (Fsp3) is 0. The summed E-state index contributed by atoms with van der Waals surface area (Å²) in [5.74, 6) is -1.70. The van der Waals surface area contributed by atoms with Gasteiger partial charge in [0, 0.05) is 24.3 Å². The van der Waals surface area contributed by atoms with Crippen molar-refractivity contribution < 1.29 is 18.7 Å². The van der Waals surface area contributed by atoms with Gasteiger partial charge in [-0.25, -0.2) is 13.8 Å². The quantitative estimate of drug-likeness (QED) is 0.386. The predicted molar refractivity (Wildman–Crippen MR) is 63.2 cm³/mol. The Labute approximate surface area is 107 Å². The van der Waals surface area contributed by atoms with Crippen LogP contribution in [0.5, 0.6) is 11.6 Å². The highest BCUT2D eigenvalue weighted by Gasteiger charge is 2.06. The van der Waals surface area contributed by atoms with Crippen molar-refractivity contribution in [2.24, 2.45) is 10.9 Å². The molecule has 98 valence electrons. The number of pyridine rings is 1. The van der Waals surface area contributed by atoms with E-state index in [9.17, 15) is 8.78 Å². The minimum Gasteiger partial charge on any atom is -0.439 e. The van der Waals surface area contributed by atoms with E-state index in [-0.39, 0.29) is 23.2 Å². The van der Waals surface area contributed by atoms with Crippen molar-refractivity contribution in [2.45, 2.75) is 0 Å². The molecule has 3 N–H and O–H groups in total. The predicted octanol–water partition coefficient (Wildman–Crippen LogP) is 2.25. The van der Waals surface area contributed by atoms with E-state index >= 15 is 0 Å². The number of nitrogens with zero attached hydrogens (tertiary/aromatic N) is 2. The average molecular weight is 265 g/mol. The fourth-order valence-corrected chi connectivity index (χ4v) is 1.37. The Bertz CT molecular complexity index is 612. The first-order valence-corrected chi connectivity index (χ1v) is 5.17. The fourth-order valence-electron chi connectivity index (χ4n) is 1.37. The smallest absolute Gasteiger partial charge is 0.219 e. The molecule has 1 aromatic heterocycles. The van der Waals surface area contributed by atoms with Crippen molar-refractivity contribution in [1.29, 1.82) is 0 Å². The van der Waals surface area contributed by atoms with Gasteiger partial charge in [0.05, 0.1) is 0 Å². The molecule has 0 fully saturated rings. The lowest BCUT2D eigenvalue weighted by Gasteiger charge is -2.06. The minimum atomic E-state index is -0.761. The van der Waals surface area contributed by atoms with Crippen LogP contribution in [-0.2, 0) is 0 Å². The molecule has 2 rings (SSSR count). The Morgan fingerprint density at radius 2 is 1.89 bits per heavy atom. The zero-order chi connectivity index (χ0) is 13.8. The molecule has 7 heteroatoms. The van der Waals surface area contributed by atoms with Gasteiger partial charge in [0.15, 0.2) is 5.84 Å². The van der Waals surface area contributed by atoms with Crippen molar-refractivity contribution in [3.63, 3.8) is 0 Å². The van der Waals surface area contributed by atoms with E-state index in [0.717, 1.165) is 18.2 Å². The molecule has 0 atom stereocenters. The molecule has 0 amide bonds. The van der Waals surface area contributed by atoms with Gasteiger partial charge in [0.2, 0.25) is 5.88 Å². The third kappa shape index (κ3) is 3.15. The number of benzene rings is 1. The average Bonchev–Trinajstić information content (AvgIpc) is 2.37. The van der Waals surface area contributed by atoms with Gasteiger partial charge >= 0.3 is 0 Å². The SMILES string of the molecule is NC(=NO)c1cccc(Oc2cc(F)cc(F)c2)n1. The van der Waals surface area contributed by atoms with Gasteiger partial charge in [-0.15, -0.1) is 0 Å². The Kier molecular flexibility index (Phi) is 3.56. The highest BCUT2D eigenvalue weighted by atomic mass is 19.1. The standard InChI is InChI=1S/C12H9F2N3O2/c13-7-4-8(14)6-9(5-7)19-11-3-1-2-10(16-11)12(15)17-18/h1-6,18H,(H2,15,17). The molecular formula is C12H9F2N3O2. The van der Waals surface area contributed by atoms with E-state index in [1.165, 1.54) is 12.1 Å². The molecule has 19 heavy (non-hydrogen) atoms. The van der Waals surface area contributed by atoms with E-state index in [0.29, 0.717) is 0 Å². The summed E-state index contributed by atoms with van der Waals surface area (Å²) in [5, 5.41) is 11.3. The van der Waals surface area contributed by atoms with E-state index < -0.39 is 11.6 Å². The van der Waals surface area contributed by atoms with Gasteiger partial charge in [-0.3, -0.25) is 0 Å². The van der Waals surface area contributed by atoms with Crippen molar-refractivity contribution in [1.82, 2.24) is 4.98 Å². The van der Waals surface area contributed by atoms with Gasteiger partial charge in [-0.1, -0.05) is 11.2 Å². The number of hydrogen-bond donors (Lipinski definition) is 2. The van der Waals surface area contributed by atoms with Gasteiger partial charge in [0.1, 0.15) is 23.1 Å². The molecule has 0 saturated heterocycles. The Morgan fingerprint density at radius 3 is 2.53 bits per heavy atom. The summed E-state index contributed by atoms with van der Waals surface area (Å²) in [6.07, 6.45) is 0. The maximum atomic E-state index is 13.0. The van der Waals surface area contributed by atoms with Crippen LogP contribution in [0.4, 0.5) is 8.78 Å². The van der Waals surface area contributed by atoms with Crippen LogP contribution in [0, 0.1) is 11.6 Å². The second-order valence-electron chi connectivity index (χ2n) is 3.55. The van der Waals surface area contributed by atoms with Gasteiger partial charge < -0.3 is 15.7 Å². The lowest BCUT2D eigenvalue weighted by atomic mass is 10.3. The van der Waals surface area contributed by atoms with Gasteiger partial charge in [-0.2, -0.15) is 0 Å². The van der Waals surface area contributed by atoms with E-state index in [1.54, 1.807) is 6.07 Å². The first kappa shape index (κ1) is 12.7. The molecule has 5 nitrogen and oxygen atoms in total. The van der Waals surface area contributed by atoms with Gasteiger partial charge in [0.25, 0.3) is 0 Å². The molecule has 0 aliphatic heterocycles. The van der Waals surface area contributed by atoms with Crippen molar-refractivity contribution in [2.75, 3.05) is 0 Å². The number of rotatable bonds is 3. The zero-order valence-electron chi connectivity index (χ0n) is 9.55.